The summed E-state index contributed by atoms with van der Waals surface area (Å²) < 4.78 is 0. The van der Waals surface area contributed by atoms with Gasteiger partial charge in [-0.3, -0.25) is 4.90 Å². The molecule has 48 valence electrons. The molecule has 2 unspecified atom stereocenters. The fourth-order valence-electron chi connectivity index (χ4n) is 1.07. The SMILES string of the molecule is CC(C)C1(C)CN1C. The van der Waals surface area contributed by atoms with Crippen molar-refractivity contribution in [1.82, 2.24) is 4.90 Å². The monoisotopic (exact) mass is 113 g/mol. The van der Waals surface area contributed by atoms with Crippen LogP contribution in [0.2, 0.25) is 0 Å². The summed E-state index contributed by atoms with van der Waals surface area (Å²) in [5, 5.41) is 0. The van der Waals surface area contributed by atoms with Crippen molar-refractivity contribution < 1.29 is 0 Å². The molecule has 1 aliphatic heterocycles. The molecule has 8 heavy (non-hydrogen) atoms. The first kappa shape index (κ1) is 6.09. The third-order valence-electron chi connectivity index (χ3n) is 2.57. The molecule has 1 saturated heterocycles. The topological polar surface area (TPSA) is 3.01 Å². The van der Waals surface area contributed by atoms with Crippen LogP contribution in [0.15, 0.2) is 0 Å². The Balaban J connectivity index is 2.47. The predicted octanol–water partition coefficient (Wildman–Crippen LogP) is 1.35. The normalized spacial score (nSPS) is 45.4. The lowest BCUT2D eigenvalue weighted by Gasteiger charge is -2.12. The Hall–Kier alpha value is -0.0400. The molecule has 0 aromatic carbocycles. The first-order chi connectivity index (χ1) is 3.57. The van der Waals surface area contributed by atoms with Crippen LogP contribution < -0.4 is 0 Å². The fraction of sp³-hybridized carbons (Fsp3) is 1.00. The molecule has 2 atom stereocenters. The molecular formula is C7H15N. The first-order valence-electron chi connectivity index (χ1n) is 3.28. The van der Waals surface area contributed by atoms with E-state index in [0.717, 1.165) is 5.92 Å². The quantitative estimate of drug-likeness (QED) is 0.464. The Morgan fingerprint density at radius 3 is 1.88 bits per heavy atom. The molecule has 0 bridgehead atoms. The van der Waals surface area contributed by atoms with Gasteiger partial charge >= 0.3 is 0 Å². The highest BCUT2D eigenvalue weighted by atomic mass is 15.3. The van der Waals surface area contributed by atoms with Crippen LogP contribution in [0.3, 0.4) is 0 Å². The predicted molar refractivity (Wildman–Crippen MR) is 35.9 cm³/mol. The fourth-order valence-corrected chi connectivity index (χ4v) is 1.07. The van der Waals surface area contributed by atoms with E-state index in [9.17, 15) is 0 Å². The Bertz CT molecular complexity index is 98.6. The van der Waals surface area contributed by atoms with Crippen molar-refractivity contribution in [2.75, 3.05) is 13.6 Å². The maximum atomic E-state index is 2.39. The molecule has 0 saturated carbocycles. The summed E-state index contributed by atoms with van der Waals surface area (Å²) in [4.78, 5) is 2.39. The number of nitrogens with zero attached hydrogens (tertiary/aromatic N) is 1. The highest BCUT2D eigenvalue weighted by Crippen LogP contribution is 2.36. The van der Waals surface area contributed by atoms with E-state index in [-0.39, 0.29) is 0 Å². The summed E-state index contributed by atoms with van der Waals surface area (Å²) in [6.45, 7) is 8.16. The van der Waals surface area contributed by atoms with Gasteiger partial charge < -0.3 is 0 Å². The van der Waals surface area contributed by atoms with Gasteiger partial charge in [-0.2, -0.15) is 0 Å². The second-order valence-corrected chi connectivity index (χ2v) is 3.37. The van der Waals surface area contributed by atoms with E-state index in [1.165, 1.54) is 6.54 Å². The zero-order valence-electron chi connectivity index (χ0n) is 6.23. The van der Waals surface area contributed by atoms with Crippen LogP contribution in [0.25, 0.3) is 0 Å². The van der Waals surface area contributed by atoms with Crippen molar-refractivity contribution in [2.24, 2.45) is 5.92 Å². The van der Waals surface area contributed by atoms with Gasteiger partial charge in [0.15, 0.2) is 0 Å². The molecule has 1 heterocycles. The minimum Gasteiger partial charge on any atom is -0.298 e. The molecule has 0 radical (unpaired) electrons. The Kier molecular flexibility index (Phi) is 1.12. The van der Waals surface area contributed by atoms with Gasteiger partial charge in [-0.25, -0.2) is 0 Å². The number of hydrogen-bond acceptors (Lipinski definition) is 1. The van der Waals surface area contributed by atoms with Gasteiger partial charge in [-0.1, -0.05) is 13.8 Å². The smallest absolute Gasteiger partial charge is 0.0329 e. The number of rotatable bonds is 1. The standard InChI is InChI=1S/C7H15N/c1-6(2)7(3)5-8(7)4/h6H,5H2,1-4H3. The van der Waals surface area contributed by atoms with Crippen LogP contribution >= 0.6 is 0 Å². The second-order valence-electron chi connectivity index (χ2n) is 3.37. The van der Waals surface area contributed by atoms with E-state index in [1.807, 2.05) is 0 Å². The molecule has 1 heteroatoms. The molecule has 1 nitrogen and oxygen atoms in total. The van der Waals surface area contributed by atoms with Gasteiger partial charge in [-0.05, 0) is 19.9 Å². The van der Waals surface area contributed by atoms with Crippen LogP contribution in [-0.4, -0.2) is 24.0 Å². The Morgan fingerprint density at radius 1 is 1.50 bits per heavy atom. The third kappa shape index (κ3) is 0.655. The Morgan fingerprint density at radius 2 is 1.88 bits per heavy atom. The van der Waals surface area contributed by atoms with Gasteiger partial charge in [-0.15, -0.1) is 0 Å². The van der Waals surface area contributed by atoms with E-state index >= 15 is 0 Å². The molecule has 0 N–H and O–H groups in total. The average Bonchev–Trinajstić information content (AvgIpc) is 2.17. The van der Waals surface area contributed by atoms with Crippen LogP contribution in [0.4, 0.5) is 0 Å². The molecule has 1 fully saturated rings. The second kappa shape index (κ2) is 1.47. The van der Waals surface area contributed by atoms with Crippen molar-refractivity contribution in [3.63, 3.8) is 0 Å². The molecule has 0 amide bonds. The van der Waals surface area contributed by atoms with Gasteiger partial charge in [0.25, 0.3) is 0 Å². The van der Waals surface area contributed by atoms with Crippen LogP contribution in [0.1, 0.15) is 20.8 Å². The van der Waals surface area contributed by atoms with Crippen LogP contribution in [0, 0.1) is 5.92 Å². The summed E-state index contributed by atoms with van der Waals surface area (Å²) >= 11 is 0. The van der Waals surface area contributed by atoms with Crippen molar-refractivity contribution in [3.05, 3.63) is 0 Å². The van der Waals surface area contributed by atoms with Crippen molar-refractivity contribution in [1.29, 1.82) is 0 Å². The van der Waals surface area contributed by atoms with Gasteiger partial charge in [0.05, 0.1) is 0 Å². The van der Waals surface area contributed by atoms with E-state index in [2.05, 4.69) is 32.7 Å². The van der Waals surface area contributed by atoms with E-state index in [4.69, 9.17) is 0 Å². The zero-order valence-corrected chi connectivity index (χ0v) is 6.23. The third-order valence-corrected chi connectivity index (χ3v) is 2.57. The number of likely N-dealkylation sites (N-methyl/N-ethyl adjacent to an activating group) is 1. The van der Waals surface area contributed by atoms with Crippen LogP contribution in [0.5, 0.6) is 0 Å². The van der Waals surface area contributed by atoms with E-state index in [0.29, 0.717) is 5.54 Å². The van der Waals surface area contributed by atoms with Crippen LogP contribution in [-0.2, 0) is 0 Å². The lowest BCUT2D eigenvalue weighted by atomic mass is 9.98. The minimum atomic E-state index is 0.542. The molecule has 1 aliphatic rings. The zero-order chi connectivity index (χ0) is 6.36. The maximum absolute atomic E-state index is 2.39. The summed E-state index contributed by atoms with van der Waals surface area (Å²) in [6.07, 6.45) is 0. The minimum absolute atomic E-state index is 0.542. The number of hydrogen-bond donors (Lipinski definition) is 0. The highest BCUT2D eigenvalue weighted by Gasteiger charge is 2.46. The molecule has 0 spiro atoms. The molecule has 0 aliphatic carbocycles. The molecule has 0 aromatic rings. The van der Waals surface area contributed by atoms with Gasteiger partial charge in [0.1, 0.15) is 0 Å². The maximum Gasteiger partial charge on any atom is 0.0329 e. The Labute approximate surface area is 51.7 Å². The molecule has 1 rings (SSSR count). The largest absolute Gasteiger partial charge is 0.298 e. The van der Waals surface area contributed by atoms with E-state index in [1.54, 1.807) is 0 Å². The van der Waals surface area contributed by atoms with Gasteiger partial charge in [0.2, 0.25) is 0 Å². The average molecular weight is 113 g/mol. The first-order valence-corrected chi connectivity index (χ1v) is 3.28. The summed E-state index contributed by atoms with van der Waals surface area (Å²) in [5.74, 6) is 0.812. The van der Waals surface area contributed by atoms with Gasteiger partial charge in [0, 0.05) is 12.1 Å². The summed E-state index contributed by atoms with van der Waals surface area (Å²) in [5.41, 5.74) is 0.542. The van der Waals surface area contributed by atoms with Crippen molar-refractivity contribution >= 4 is 0 Å². The highest BCUT2D eigenvalue weighted by molar-refractivity contribution is 5.03. The van der Waals surface area contributed by atoms with E-state index < -0.39 is 0 Å². The van der Waals surface area contributed by atoms with Crippen molar-refractivity contribution in [2.45, 2.75) is 26.3 Å². The summed E-state index contributed by atoms with van der Waals surface area (Å²) in [7, 11) is 2.18. The lowest BCUT2D eigenvalue weighted by Crippen LogP contribution is -2.18. The van der Waals surface area contributed by atoms with Crippen molar-refractivity contribution in [3.8, 4) is 0 Å². The molecule has 0 aromatic heterocycles. The lowest BCUT2D eigenvalue weighted by molar-refractivity contribution is 0.385. The molecular weight excluding hydrogens is 98.1 g/mol. The summed E-state index contributed by atoms with van der Waals surface area (Å²) in [6, 6.07) is 0.